The summed E-state index contributed by atoms with van der Waals surface area (Å²) in [6, 6.07) is 0.551. The first-order valence-corrected chi connectivity index (χ1v) is 11.7. The van der Waals surface area contributed by atoms with E-state index in [0.717, 1.165) is 31.6 Å². The Balaban J connectivity index is 1.51. The highest BCUT2D eigenvalue weighted by Gasteiger charge is 2.42. The van der Waals surface area contributed by atoms with Crippen LogP contribution >= 0.6 is 34.2 Å². The molecule has 5 nitrogen and oxygen atoms in total. The molecule has 1 heterocycles. The van der Waals surface area contributed by atoms with E-state index in [9.17, 15) is 0 Å². The molecule has 0 bridgehead atoms. The van der Waals surface area contributed by atoms with E-state index in [1.165, 1.54) is 32.1 Å². The number of alkyl halides is 2. The highest BCUT2D eigenvalue weighted by Crippen LogP contribution is 2.36. The van der Waals surface area contributed by atoms with Crippen molar-refractivity contribution in [3.05, 3.63) is 0 Å². The van der Waals surface area contributed by atoms with Crippen molar-refractivity contribution in [1.29, 1.82) is 0 Å². The molecule has 1 aliphatic heterocycles. The minimum absolute atomic E-state index is 0.0653. The lowest BCUT2D eigenvalue weighted by molar-refractivity contribution is 0.199. The second kappa shape index (κ2) is 9.34. The zero-order chi connectivity index (χ0) is 18.0. The lowest BCUT2D eigenvalue weighted by atomic mass is 9.75. The van der Waals surface area contributed by atoms with Gasteiger partial charge in [0, 0.05) is 18.1 Å². The van der Waals surface area contributed by atoms with Crippen molar-refractivity contribution in [2.75, 3.05) is 0 Å². The van der Waals surface area contributed by atoms with Gasteiger partial charge in [0.2, 0.25) is 0 Å². The minimum Gasteiger partial charge on any atom is -0.327 e. The molecular formula is C18H35ClIN5. The van der Waals surface area contributed by atoms with E-state index < -0.39 is 0 Å². The maximum Gasteiger partial charge on any atom is 0.0996 e. The van der Waals surface area contributed by atoms with Gasteiger partial charge in [-0.05, 0) is 43.4 Å². The van der Waals surface area contributed by atoms with Crippen LogP contribution in [0.4, 0.5) is 0 Å². The molecule has 0 spiro atoms. The molecule has 25 heavy (non-hydrogen) atoms. The number of rotatable bonds is 5. The normalized spacial score (nSPS) is 43.1. The molecule has 0 aromatic heterocycles. The molecule has 0 aromatic rings. The standard InChI is InChI=1S/C18H35ClIN5/c19-16-15(11-6-7-12(17(20)23)13(21)9-11)24-18(25-16)14(22)8-10-4-2-1-3-5-10/h10-18,24-25H,1-9,21-23H2/t11?,12?,13?,14-,15?,16?,17?,18?/m0/s1. The lowest BCUT2D eigenvalue weighted by Gasteiger charge is -2.38. The van der Waals surface area contributed by atoms with Gasteiger partial charge in [-0.1, -0.05) is 54.7 Å². The fourth-order valence-electron chi connectivity index (χ4n) is 5.17. The molecule has 0 aromatic carbocycles. The van der Waals surface area contributed by atoms with E-state index in [1.807, 2.05) is 0 Å². The largest absolute Gasteiger partial charge is 0.327 e. The number of halogens is 2. The molecule has 8 N–H and O–H groups in total. The fourth-order valence-corrected chi connectivity index (χ4v) is 6.47. The third-order valence-corrected chi connectivity index (χ3v) is 8.02. The summed E-state index contributed by atoms with van der Waals surface area (Å²) in [5, 5.41) is 7.21. The third-order valence-electron chi connectivity index (χ3n) is 6.70. The van der Waals surface area contributed by atoms with E-state index in [0.29, 0.717) is 11.8 Å². The van der Waals surface area contributed by atoms with Crippen molar-refractivity contribution < 1.29 is 0 Å². The summed E-state index contributed by atoms with van der Waals surface area (Å²) >= 11 is 8.95. The van der Waals surface area contributed by atoms with Crippen molar-refractivity contribution in [3.8, 4) is 0 Å². The number of nitrogens with one attached hydrogen (secondary N) is 2. The highest BCUT2D eigenvalue weighted by molar-refractivity contribution is 14.1. The number of hydrogen-bond acceptors (Lipinski definition) is 5. The second-order valence-corrected chi connectivity index (χ2v) is 10.4. The van der Waals surface area contributed by atoms with Crippen LogP contribution in [0.2, 0.25) is 0 Å². The SMILES string of the molecule is NC(I)C1CCC(C2NC([C@@H](N)CC3CCCCC3)NC2Cl)CC1N. The van der Waals surface area contributed by atoms with Crippen LogP contribution < -0.4 is 27.8 Å². The first-order valence-electron chi connectivity index (χ1n) is 10.0. The van der Waals surface area contributed by atoms with Crippen LogP contribution in [-0.2, 0) is 0 Å². The molecule has 0 amide bonds. The van der Waals surface area contributed by atoms with Gasteiger partial charge in [-0.15, -0.1) is 11.6 Å². The summed E-state index contributed by atoms with van der Waals surface area (Å²) in [4.78, 5) is 0. The Kier molecular flexibility index (Phi) is 7.68. The summed E-state index contributed by atoms with van der Waals surface area (Å²) in [7, 11) is 0. The Labute approximate surface area is 171 Å². The van der Waals surface area contributed by atoms with Crippen LogP contribution in [0.1, 0.15) is 57.8 Å². The van der Waals surface area contributed by atoms with Crippen LogP contribution in [0.25, 0.3) is 0 Å². The van der Waals surface area contributed by atoms with Crippen molar-refractivity contribution in [1.82, 2.24) is 10.6 Å². The summed E-state index contributed by atoms with van der Waals surface area (Å²) < 4.78 is 0.145. The molecule has 2 aliphatic carbocycles. The quantitative estimate of drug-likeness (QED) is 0.234. The molecule has 3 aliphatic rings. The van der Waals surface area contributed by atoms with Gasteiger partial charge in [-0.25, -0.2) is 0 Å². The first-order chi connectivity index (χ1) is 12.0. The van der Waals surface area contributed by atoms with Gasteiger partial charge >= 0.3 is 0 Å². The van der Waals surface area contributed by atoms with Crippen LogP contribution in [-0.4, -0.2) is 33.8 Å². The molecule has 2 saturated carbocycles. The molecule has 3 fully saturated rings. The maximum atomic E-state index is 6.64. The first kappa shape index (κ1) is 20.6. The van der Waals surface area contributed by atoms with E-state index >= 15 is 0 Å². The van der Waals surface area contributed by atoms with Crippen molar-refractivity contribution in [3.63, 3.8) is 0 Å². The average Bonchev–Trinajstić information content (AvgIpc) is 2.97. The molecular weight excluding hydrogens is 449 g/mol. The summed E-state index contributed by atoms with van der Waals surface area (Å²) in [6.07, 6.45) is 11.2. The summed E-state index contributed by atoms with van der Waals surface area (Å²) in [5.74, 6) is 1.71. The molecule has 7 unspecified atom stereocenters. The maximum absolute atomic E-state index is 6.64. The molecule has 146 valence electrons. The van der Waals surface area contributed by atoms with Crippen molar-refractivity contribution in [2.45, 2.75) is 91.6 Å². The van der Waals surface area contributed by atoms with Gasteiger partial charge in [0.05, 0.1) is 15.7 Å². The van der Waals surface area contributed by atoms with E-state index in [4.69, 9.17) is 28.8 Å². The smallest absolute Gasteiger partial charge is 0.0996 e. The van der Waals surface area contributed by atoms with E-state index in [2.05, 4.69) is 33.2 Å². The predicted octanol–water partition coefficient (Wildman–Crippen LogP) is 2.20. The molecule has 8 atom stereocenters. The van der Waals surface area contributed by atoms with Crippen molar-refractivity contribution >= 4 is 34.2 Å². The lowest BCUT2D eigenvalue weighted by Crippen LogP contribution is -2.52. The Hall–Kier alpha value is 0.820. The Bertz CT molecular complexity index is 420. The Morgan fingerprint density at radius 3 is 2.40 bits per heavy atom. The van der Waals surface area contributed by atoms with E-state index in [-0.39, 0.29) is 33.8 Å². The van der Waals surface area contributed by atoms with Crippen LogP contribution in [0.5, 0.6) is 0 Å². The second-order valence-electron chi connectivity index (χ2n) is 8.49. The number of nitrogens with two attached hydrogens (primary N) is 3. The number of hydrogen-bond donors (Lipinski definition) is 5. The monoisotopic (exact) mass is 483 g/mol. The molecule has 1 saturated heterocycles. The van der Waals surface area contributed by atoms with Gasteiger partial charge in [-0.2, -0.15) is 0 Å². The minimum atomic E-state index is -0.0653. The highest BCUT2D eigenvalue weighted by atomic mass is 127. The molecule has 0 radical (unpaired) electrons. The molecule has 3 rings (SSSR count). The van der Waals surface area contributed by atoms with Gasteiger partial charge in [-0.3, -0.25) is 10.6 Å². The van der Waals surface area contributed by atoms with Crippen molar-refractivity contribution in [2.24, 2.45) is 35.0 Å². The Morgan fingerprint density at radius 2 is 1.76 bits per heavy atom. The van der Waals surface area contributed by atoms with Gasteiger partial charge in [0.25, 0.3) is 0 Å². The summed E-state index contributed by atoms with van der Waals surface area (Å²) in [6.45, 7) is 0. The van der Waals surface area contributed by atoms with Crippen LogP contribution in [0.3, 0.4) is 0 Å². The summed E-state index contributed by atoms with van der Waals surface area (Å²) in [5.41, 5.74) is 18.9. The molecule has 7 heteroatoms. The average molecular weight is 484 g/mol. The van der Waals surface area contributed by atoms with E-state index in [1.54, 1.807) is 0 Å². The fraction of sp³-hybridized carbons (Fsp3) is 1.00. The van der Waals surface area contributed by atoms with Crippen LogP contribution in [0, 0.1) is 17.8 Å². The third kappa shape index (κ3) is 5.21. The zero-order valence-corrected chi connectivity index (χ0v) is 18.0. The Morgan fingerprint density at radius 1 is 1.04 bits per heavy atom. The predicted molar refractivity (Wildman–Crippen MR) is 113 cm³/mol. The van der Waals surface area contributed by atoms with Gasteiger partial charge in [0.15, 0.2) is 0 Å². The topological polar surface area (TPSA) is 102 Å². The van der Waals surface area contributed by atoms with Gasteiger partial charge in [0.1, 0.15) is 0 Å². The zero-order valence-electron chi connectivity index (χ0n) is 15.0. The van der Waals surface area contributed by atoms with Crippen LogP contribution in [0.15, 0.2) is 0 Å². The van der Waals surface area contributed by atoms with Gasteiger partial charge < -0.3 is 17.2 Å².